The Kier molecular flexibility index (Phi) is 7.14. The number of nitrogens with one attached hydrogen (secondary N) is 1. The van der Waals surface area contributed by atoms with E-state index in [4.69, 9.17) is 5.73 Å². The van der Waals surface area contributed by atoms with Crippen LogP contribution in [0.4, 0.5) is 5.00 Å². The number of rotatable bonds is 8. The van der Waals surface area contributed by atoms with Crippen molar-refractivity contribution in [1.29, 1.82) is 0 Å². The molecule has 4 rings (SSSR count). The summed E-state index contributed by atoms with van der Waals surface area (Å²) in [5.41, 5.74) is 7.88. The van der Waals surface area contributed by atoms with Crippen molar-refractivity contribution < 1.29 is 9.59 Å². The Morgan fingerprint density at radius 2 is 1.88 bits per heavy atom. The zero-order chi connectivity index (χ0) is 24.2. The van der Waals surface area contributed by atoms with E-state index in [9.17, 15) is 14.4 Å². The highest BCUT2D eigenvalue weighted by atomic mass is 32.2. The molecule has 0 aliphatic rings. The van der Waals surface area contributed by atoms with Gasteiger partial charge in [0.1, 0.15) is 5.00 Å². The number of fused-ring (bicyclic) bond motifs is 1. The number of para-hydroxylation sites is 1. The summed E-state index contributed by atoms with van der Waals surface area (Å²) in [5.74, 6) is -0.502. The van der Waals surface area contributed by atoms with E-state index in [2.05, 4.69) is 24.1 Å². The summed E-state index contributed by atoms with van der Waals surface area (Å²) in [4.78, 5) is 42.2. The second kappa shape index (κ2) is 10.2. The highest BCUT2D eigenvalue weighted by molar-refractivity contribution is 7.99. The van der Waals surface area contributed by atoms with Gasteiger partial charge >= 0.3 is 0 Å². The van der Waals surface area contributed by atoms with Crippen LogP contribution >= 0.6 is 23.1 Å². The molecule has 174 valence electrons. The van der Waals surface area contributed by atoms with E-state index in [-0.39, 0.29) is 22.8 Å². The number of thiophene rings is 1. The van der Waals surface area contributed by atoms with E-state index in [1.165, 1.54) is 16.9 Å². The van der Waals surface area contributed by atoms with Gasteiger partial charge in [-0.15, -0.1) is 11.3 Å². The molecule has 0 bridgehead atoms. The van der Waals surface area contributed by atoms with Gasteiger partial charge in [0.15, 0.2) is 5.16 Å². The molecule has 9 heteroatoms. The Morgan fingerprint density at radius 1 is 1.15 bits per heavy atom. The summed E-state index contributed by atoms with van der Waals surface area (Å²) in [6.07, 6.45) is 1.02. The molecule has 0 fully saturated rings. The van der Waals surface area contributed by atoms with Crippen molar-refractivity contribution in [3.63, 3.8) is 0 Å². The van der Waals surface area contributed by atoms with Crippen molar-refractivity contribution in [3.05, 3.63) is 81.5 Å². The first-order valence-corrected chi connectivity index (χ1v) is 12.7. The first-order valence-electron chi connectivity index (χ1n) is 10.8. The van der Waals surface area contributed by atoms with Crippen LogP contribution in [0, 0.1) is 0 Å². The Bertz CT molecular complexity index is 1410. The van der Waals surface area contributed by atoms with Crippen LogP contribution in [0.15, 0.2) is 69.9 Å². The number of nitrogens with zero attached hydrogens (tertiary/aromatic N) is 2. The van der Waals surface area contributed by atoms with Gasteiger partial charge in [0.2, 0.25) is 5.91 Å². The zero-order valence-corrected chi connectivity index (χ0v) is 20.4. The number of carbonyl (C=O) groups is 2. The third kappa shape index (κ3) is 4.90. The van der Waals surface area contributed by atoms with Crippen molar-refractivity contribution in [2.75, 3.05) is 11.1 Å². The molecule has 0 aliphatic heterocycles. The van der Waals surface area contributed by atoms with E-state index >= 15 is 0 Å². The minimum absolute atomic E-state index is 0.00579. The SMILES string of the molecule is CCC(C)c1ccc(-n2c(SCC(=O)Nc3sccc3C(N)=O)nc3ccccc3c2=O)cc1. The molecule has 2 heterocycles. The van der Waals surface area contributed by atoms with Gasteiger partial charge in [0, 0.05) is 0 Å². The maximum absolute atomic E-state index is 13.4. The summed E-state index contributed by atoms with van der Waals surface area (Å²) < 4.78 is 1.54. The standard InChI is InChI=1S/C25H24N4O3S2/c1-3-15(2)16-8-10-17(11-9-16)29-24(32)18-6-4-5-7-20(18)27-25(29)34-14-21(30)28-23-19(22(26)31)12-13-33-23/h4-13,15H,3,14H2,1-2H3,(H2,26,31)(H,28,30). The number of carbonyl (C=O) groups excluding carboxylic acids is 2. The van der Waals surface area contributed by atoms with Crippen LogP contribution in [0.2, 0.25) is 0 Å². The van der Waals surface area contributed by atoms with Crippen molar-refractivity contribution in [1.82, 2.24) is 9.55 Å². The van der Waals surface area contributed by atoms with Gasteiger partial charge in [-0.05, 0) is 53.6 Å². The second-order valence-electron chi connectivity index (χ2n) is 7.82. The van der Waals surface area contributed by atoms with E-state index < -0.39 is 5.91 Å². The third-order valence-corrected chi connectivity index (χ3v) is 7.36. The smallest absolute Gasteiger partial charge is 0.266 e. The molecular weight excluding hydrogens is 468 g/mol. The number of thioether (sulfide) groups is 1. The average Bonchev–Trinajstić information content (AvgIpc) is 3.31. The maximum atomic E-state index is 13.4. The molecule has 0 saturated carbocycles. The van der Waals surface area contributed by atoms with Crippen molar-refractivity contribution in [2.45, 2.75) is 31.3 Å². The quantitative estimate of drug-likeness (QED) is 0.272. The predicted molar refractivity (Wildman–Crippen MR) is 138 cm³/mol. The molecule has 2 aromatic heterocycles. The van der Waals surface area contributed by atoms with Crippen LogP contribution in [0.5, 0.6) is 0 Å². The summed E-state index contributed by atoms with van der Waals surface area (Å²) in [5, 5.41) is 5.74. The fourth-order valence-corrected chi connectivity index (χ4v) is 5.14. The van der Waals surface area contributed by atoms with Crippen LogP contribution in [-0.4, -0.2) is 27.1 Å². The highest BCUT2D eigenvalue weighted by Crippen LogP contribution is 2.26. The van der Waals surface area contributed by atoms with E-state index in [1.807, 2.05) is 30.3 Å². The normalized spacial score (nSPS) is 11.9. The van der Waals surface area contributed by atoms with Crippen LogP contribution in [0.25, 0.3) is 16.6 Å². The van der Waals surface area contributed by atoms with Crippen LogP contribution in [-0.2, 0) is 4.79 Å². The fraction of sp³-hybridized carbons (Fsp3) is 0.200. The molecular formula is C25H24N4O3S2. The van der Waals surface area contributed by atoms with Crippen molar-refractivity contribution in [2.24, 2.45) is 5.73 Å². The van der Waals surface area contributed by atoms with Gasteiger partial charge < -0.3 is 11.1 Å². The molecule has 0 spiro atoms. The number of primary amides is 1. The minimum Gasteiger partial charge on any atom is -0.366 e. The van der Waals surface area contributed by atoms with Gasteiger partial charge in [-0.3, -0.25) is 19.0 Å². The second-order valence-corrected chi connectivity index (χ2v) is 9.68. The lowest BCUT2D eigenvalue weighted by molar-refractivity contribution is -0.113. The van der Waals surface area contributed by atoms with E-state index in [0.717, 1.165) is 18.2 Å². The van der Waals surface area contributed by atoms with Gasteiger partial charge in [0.05, 0.1) is 27.9 Å². The number of hydrogen-bond acceptors (Lipinski definition) is 6. The van der Waals surface area contributed by atoms with Gasteiger partial charge in [-0.2, -0.15) is 0 Å². The number of anilines is 1. The summed E-state index contributed by atoms with van der Waals surface area (Å²) in [6.45, 7) is 4.30. The maximum Gasteiger partial charge on any atom is 0.266 e. The molecule has 2 amide bonds. The number of aromatic nitrogens is 2. The lowest BCUT2D eigenvalue weighted by Gasteiger charge is -2.15. The molecule has 3 N–H and O–H groups in total. The zero-order valence-electron chi connectivity index (χ0n) is 18.8. The van der Waals surface area contributed by atoms with Gasteiger partial charge in [-0.1, -0.05) is 49.9 Å². The van der Waals surface area contributed by atoms with Crippen LogP contribution in [0.3, 0.4) is 0 Å². The van der Waals surface area contributed by atoms with E-state index in [0.29, 0.717) is 32.7 Å². The summed E-state index contributed by atoms with van der Waals surface area (Å²) in [7, 11) is 0. The minimum atomic E-state index is -0.602. The van der Waals surface area contributed by atoms with Crippen LogP contribution in [0.1, 0.15) is 42.1 Å². The molecule has 0 radical (unpaired) electrons. The number of benzene rings is 2. The lowest BCUT2D eigenvalue weighted by atomic mass is 9.98. The largest absolute Gasteiger partial charge is 0.366 e. The fourth-order valence-electron chi connectivity index (χ4n) is 3.52. The highest BCUT2D eigenvalue weighted by Gasteiger charge is 2.17. The number of hydrogen-bond donors (Lipinski definition) is 2. The third-order valence-electron chi connectivity index (χ3n) is 5.59. The van der Waals surface area contributed by atoms with Gasteiger partial charge in [0.25, 0.3) is 11.5 Å². The Labute approximate surface area is 205 Å². The molecule has 34 heavy (non-hydrogen) atoms. The first-order chi connectivity index (χ1) is 16.4. The molecule has 7 nitrogen and oxygen atoms in total. The molecule has 0 saturated heterocycles. The number of amides is 2. The Balaban J connectivity index is 1.66. The molecule has 1 unspecified atom stereocenters. The van der Waals surface area contributed by atoms with Crippen LogP contribution < -0.4 is 16.6 Å². The van der Waals surface area contributed by atoms with Crippen molar-refractivity contribution >= 4 is 50.8 Å². The molecule has 2 aromatic carbocycles. The first kappa shape index (κ1) is 23.7. The molecule has 1 atom stereocenters. The predicted octanol–water partition coefficient (Wildman–Crippen LogP) is 4.79. The lowest BCUT2D eigenvalue weighted by Crippen LogP contribution is -2.23. The van der Waals surface area contributed by atoms with Crippen molar-refractivity contribution in [3.8, 4) is 5.69 Å². The average molecular weight is 493 g/mol. The summed E-state index contributed by atoms with van der Waals surface area (Å²) >= 11 is 2.38. The monoisotopic (exact) mass is 492 g/mol. The number of nitrogens with two attached hydrogens (primary N) is 1. The van der Waals surface area contributed by atoms with Gasteiger partial charge in [-0.25, -0.2) is 4.98 Å². The summed E-state index contributed by atoms with van der Waals surface area (Å²) in [6, 6.07) is 16.6. The Morgan fingerprint density at radius 3 is 2.59 bits per heavy atom. The Hall–Kier alpha value is -3.43. The topological polar surface area (TPSA) is 107 Å². The van der Waals surface area contributed by atoms with E-state index in [1.54, 1.807) is 34.2 Å². The molecule has 0 aliphatic carbocycles. The molecule has 4 aromatic rings.